The van der Waals surface area contributed by atoms with E-state index in [4.69, 9.17) is 0 Å². The summed E-state index contributed by atoms with van der Waals surface area (Å²) in [6.07, 6.45) is 6.00. The van der Waals surface area contributed by atoms with Crippen LogP contribution in [-0.2, 0) is 11.3 Å². The lowest BCUT2D eigenvalue weighted by molar-refractivity contribution is -0.131. The molecule has 2 saturated heterocycles. The van der Waals surface area contributed by atoms with Gasteiger partial charge in [-0.1, -0.05) is 6.92 Å². The van der Waals surface area contributed by atoms with Crippen LogP contribution in [0.1, 0.15) is 32.3 Å². The summed E-state index contributed by atoms with van der Waals surface area (Å²) in [5, 5.41) is 0. The Bertz CT molecular complexity index is 507. The molecule has 3 rings (SSSR count). The summed E-state index contributed by atoms with van der Waals surface area (Å²) in [5.41, 5.74) is 1.34. The molecule has 5 nitrogen and oxygen atoms in total. The Morgan fingerprint density at radius 2 is 1.91 bits per heavy atom. The van der Waals surface area contributed by atoms with Crippen LogP contribution in [0.4, 0.5) is 0 Å². The van der Waals surface area contributed by atoms with E-state index in [1.54, 1.807) is 6.92 Å². The molecule has 0 bridgehead atoms. The van der Waals surface area contributed by atoms with Crippen molar-refractivity contribution in [2.45, 2.75) is 45.3 Å². The lowest BCUT2D eigenvalue weighted by Gasteiger charge is -2.50. The molecule has 5 heteroatoms. The third kappa shape index (κ3) is 3.90. The Morgan fingerprint density at radius 1 is 1.26 bits per heavy atom. The fourth-order valence-corrected chi connectivity index (χ4v) is 3.78. The standard InChI is InChI=1S/C18H28N4O/c1-3-20(12-16-4-8-19-9-5-16)18-13-22(14-18)17-6-10-21(11-7-17)15(2)23/h4-5,8-9,17-18H,3,6-7,10-14H2,1-2H3. The highest BCUT2D eigenvalue weighted by atomic mass is 16.2. The summed E-state index contributed by atoms with van der Waals surface area (Å²) < 4.78 is 0. The molecule has 126 valence electrons. The van der Waals surface area contributed by atoms with Crippen LogP contribution >= 0.6 is 0 Å². The molecule has 2 fully saturated rings. The maximum absolute atomic E-state index is 11.4. The molecule has 2 aliphatic heterocycles. The summed E-state index contributed by atoms with van der Waals surface area (Å²) in [7, 11) is 0. The molecular weight excluding hydrogens is 288 g/mol. The van der Waals surface area contributed by atoms with Crippen molar-refractivity contribution in [3.8, 4) is 0 Å². The fraction of sp³-hybridized carbons (Fsp3) is 0.667. The van der Waals surface area contributed by atoms with Crippen LogP contribution in [0.5, 0.6) is 0 Å². The monoisotopic (exact) mass is 316 g/mol. The molecule has 0 aliphatic carbocycles. The van der Waals surface area contributed by atoms with E-state index in [0.29, 0.717) is 12.1 Å². The molecule has 3 heterocycles. The second-order valence-corrected chi connectivity index (χ2v) is 6.76. The summed E-state index contributed by atoms with van der Waals surface area (Å²) in [6.45, 7) is 10.2. The van der Waals surface area contributed by atoms with Gasteiger partial charge < -0.3 is 4.90 Å². The van der Waals surface area contributed by atoms with Gasteiger partial charge in [0.25, 0.3) is 0 Å². The number of hydrogen-bond acceptors (Lipinski definition) is 4. The average Bonchev–Trinajstić information content (AvgIpc) is 2.54. The van der Waals surface area contributed by atoms with Gasteiger partial charge in [0.15, 0.2) is 0 Å². The van der Waals surface area contributed by atoms with Gasteiger partial charge in [-0.3, -0.25) is 19.6 Å². The maximum Gasteiger partial charge on any atom is 0.219 e. The molecule has 1 amide bonds. The molecule has 0 atom stereocenters. The molecule has 0 N–H and O–H groups in total. The van der Waals surface area contributed by atoms with Crippen molar-refractivity contribution in [2.24, 2.45) is 0 Å². The SMILES string of the molecule is CCN(Cc1ccncc1)C1CN(C2CCN(C(C)=O)CC2)C1. The minimum atomic E-state index is 0.222. The van der Waals surface area contributed by atoms with E-state index < -0.39 is 0 Å². The number of carbonyl (C=O) groups excluding carboxylic acids is 1. The van der Waals surface area contributed by atoms with Crippen LogP contribution < -0.4 is 0 Å². The molecule has 1 aromatic heterocycles. The number of rotatable bonds is 5. The Balaban J connectivity index is 1.45. The van der Waals surface area contributed by atoms with Crippen molar-refractivity contribution in [3.05, 3.63) is 30.1 Å². The highest BCUT2D eigenvalue weighted by molar-refractivity contribution is 5.73. The number of amides is 1. The third-order valence-electron chi connectivity index (χ3n) is 5.37. The normalized spacial score (nSPS) is 20.7. The Hall–Kier alpha value is -1.46. The van der Waals surface area contributed by atoms with Crippen LogP contribution in [-0.4, -0.2) is 70.4 Å². The van der Waals surface area contributed by atoms with Crippen LogP contribution in [0.15, 0.2) is 24.5 Å². The van der Waals surface area contributed by atoms with Crippen molar-refractivity contribution in [3.63, 3.8) is 0 Å². The van der Waals surface area contributed by atoms with Gasteiger partial charge in [0, 0.05) is 64.1 Å². The first-order chi connectivity index (χ1) is 11.2. The van der Waals surface area contributed by atoms with E-state index in [1.807, 2.05) is 17.3 Å². The summed E-state index contributed by atoms with van der Waals surface area (Å²) in [4.78, 5) is 22.7. The first-order valence-corrected chi connectivity index (χ1v) is 8.80. The maximum atomic E-state index is 11.4. The number of aromatic nitrogens is 1. The van der Waals surface area contributed by atoms with Crippen LogP contribution in [0.2, 0.25) is 0 Å². The number of likely N-dealkylation sites (tertiary alicyclic amines) is 2. The van der Waals surface area contributed by atoms with E-state index in [0.717, 1.165) is 39.0 Å². The highest BCUT2D eigenvalue weighted by Crippen LogP contribution is 2.25. The van der Waals surface area contributed by atoms with Crippen LogP contribution in [0, 0.1) is 0 Å². The van der Waals surface area contributed by atoms with Crippen molar-refractivity contribution in [2.75, 3.05) is 32.7 Å². The number of pyridine rings is 1. The second kappa shape index (κ2) is 7.41. The Labute approximate surface area is 139 Å². The quantitative estimate of drug-likeness (QED) is 0.827. The fourth-order valence-electron chi connectivity index (χ4n) is 3.78. The summed E-state index contributed by atoms with van der Waals surface area (Å²) in [6, 6.07) is 5.55. The Kier molecular flexibility index (Phi) is 5.28. The average molecular weight is 316 g/mol. The molecule has 2 aliphatic rings. The smallest absolute Gasteiger partial charge is 0.219 e. The second-order valence-electron chi connectivity index (χ2n) is 6.76. The summed E-state index contributed by atoms with van der Waals surface area (Å²) in [5.74, 6) is 0.222. The highest BCUT2D eigenvalue weighted by Gasteiger charge is 2.36. The van der Waals surface area contributed by atoms with Gasteiger partial charge in [0.1, 0.15) is 0 Å². The molecule has 1 aromatic rings. The van der Waals surface area contributed by atoms with E-state index in [1.165, 1.54) is 18.7 Å². The van der Waals surface area contributed by atoms with Gasteiger partial charge in [-0.2, -0.15) is 0 Å². The topological polar surface area (TPSA) is 39.7 Å². The van der Waals surface area contributed by atoms with E-state index in [-0.39, 0.29) is 5.91 Å². The largest absolute Gasteiger partial charge is 0.343 e. The zero-order valence-electron chi connectivity index (χ0n) is 14.3. The van der Waals surface area contributed by atoms with Gasteiger partial charge in [-0.25, -0.2) is 0 Å². The zero-order valence-corrected chi connectivity index (χ0v) is 14.3. The molecule has 0 spiro atoms. The van der Waals surface area contributed by atoms with Gasteiger partial charge in [-0.15, -0.1) is 0 Å². The molecule has 0 radical (unpaired) electrons. The predicted octanol–water partition coefficient (Wildman–Crippen LogP) is 1.60. The van der Waals surface area contributed by atoms with E-state index >= 15 is 0 Å². The minimum Gasteiger partial charge on any atom is -0.343 e. The lowest BCUT2D eigenvalue weighted by Crippen LogP contribution is -2.63. The van der Waals surface area contributed by atoms with E-state index in [9.17, 15) is 4.79 Å². The summed E-state index contributed by atoms with van der Waals surface area (Å²) >= 11 is 0. The zero-order chi connectivity index (χ0) is 16.2. The first-order valence-electron chi connectivity index (χ1n) is 8.80. The number of piperidine rings is 1. The van der Waals surface area contributed by atoms with Crippen molar-refractivity contribution in [1.29, 1.82) is 0 Å². The van der Waals surface area contributed by atoms with Crippen molar-refractivity contribution in [1.82, 2.24) is 19.7 Å². The number of carbonyl (C=O) groups is 1. The number of nitrogens with zero attached hydrogens (tertiary/aromatic N) is 4. The lowest BCUT2D eigenvalue weighted by atomic mass is 9.96. The predicted molar refractivity (Wildman–Crippen MR) is 91.0 cm³/mol. The third-order valence-corrected chi connectivity index (χ3v) is 5.37. The minimum absolute atomic E-state index is 0.222. The molecule has 0 aromatic carbocycles. The first kappa shape index (κ1) is 16.4. The van der Waals surface area contributed by atoms with Gasteiger partial charge in [-0.05, 0) is 37.1 Å². The molecular formula is C18H28N4O. The molecule has 23 heavy (non-hydrogen) atoms. The number of likely N-dealkylation sites (N-methyl/N-ethyl adjacent to an activating group) is 1. The molecule has 0 saturated carbocycles. The number of hydrogen-bond donors (Lipinski definition) is 0. The van der Waals surface area contributed by atoms with Crippen molar-refractivity contribution < 1.29 is 4.79 Å². The van der Waals surface area contributed by atoms with Crippen molar-refractivity contribution >= 4 is 5.91 Å². The van der Waals surface area contributed by atoms with Gasteiger partial charge in [0.2, 0.25) is 5.91 Å². The molecule has 0 unspecified atom stereocenters. The van der Waals surface area contributed by atoms with Crippen LogP contribution in [0.3, 0.4) is 0 Å². The van der Waals surface area contributed by atoms with E-state index in [2.05, 4.69) is 33.8 Å². The Morgan fingerprint density at radius 3 is 2.48 bits per heavy atom. The van der Waals surface area contributed by atoms with Crippen LogP contribution in [0.25, 0.3) is 0 Å². The van der Waals surface area contributed by atoms with Gasteiger partial charge >= 0.3 is 0 Å². The van der Waals surface area contributed by atoms with Gasteiger partial charge in [0.05, 0.1) is 0 Å².